The number of hydrogen-bond acceptors (Lipinski definition) is 4. The third kappa shape index (κ3) is 4.21. The predicted octanol–water partition coefficient (Wildman–Crippen LogP) is 2.82. The Labute approximate surface area is 134 Å². The molecule has 22 heavy (non-hydrogen) atoms. The van der Waals surface area contributed by atoms with E-state index in [-0.39, 0.29) is 11.2 Å². The summed E-state index contributed by atoms with van der Waals surface area (Å²) in [5.41, 5.74) is 2.27. The first kappa shape index (κ1) is 16.3. The molecule has 0 aliphatic rings. The molecule has 0 aliphatic heterocycles. The molecule has 116 valence electrons. The Morgan fingerprint density at radius 1 is 1.45 bits per heavy atom. The lowest BCUT2D eigenvalue weighted by Gasteiger charge is -2.07. The molecule has 2 rings (SSSR count). The number of nitrogens with zero attached hydrogens (tertiary/aromatic N) is 2. The highest BCUT2D eigenvalue weighted by molar-refractivity contribution is 8.00. The van der Waals surface area contributed by atoms with Crippen LogP contribution in [0.1, 0.15) is 19.4 Å². The van der Waals surface area contributed by atoms with Crippen molar-refractivity contribution in [1.29, 1.82) is 0 Å². The van der Waals surface area contributed by atoms with Crippen LogP contribution in [0.5, 0.6) is 0 Å². The van der Waals surface area contributed by atoms with Crippen LogP contribution in [-0.4, -0.2) is 32.9 Å². The van der Waals surface area contributed by atoms with Crippen LogP contribution in [0.25, 0.3) is 11.4 Å². The monoisotopic (exact) mass is 316 g/mol. The van der Waals surface area contributed by atoms with Crippen molar-refractivity contribution >= 4 is 17.7 Å². The molecular weight excluding hydrogens is 296 g/mol. The zero-order valence-electron chi connectivity index (χ0n) is 12.8. The number of H-pyrrole nitrogens is 1. The van der Waals surface area contributed by atoms with Gasteiger partial charge in [0, 0.05) is 12.1 Å². The summed E-state index contributed by atoms with van der Waals surface area (Å²) in [7, 11) is 0. The minimum Gasteiger partial charge on any atom is -0.352 e. The average Bonchev–Trinajstić information content (AvgIpc) is 3.01. The molecule has 1 atom stereocenters. The van der Waals surface area contributed by atoms with Crippen LogP contribution in [-0.2, 0) is 11.2 Å². The standard InChI is InChI=1S/C16H20N4OS/c1-4-10-17-15(21)11(3)22-16-18-14(19-20-16)13-8-6-12(5-2)7-9-13/h4,6-9,11H,1,5,10H2,2-3H3,(H,17,21)(H,18,19,20)/t11-/m1/s1. The summed E-state index contributed by atoms with van der Waals surface area (Å²) >= 11 is 1.33. The average molecular weight is 316 g/mol. The molecular formula is C16H20N4OS. The number of aromatic nitrogens is 3. The van der Waals surface area contributed by atoms with Crippen molar-refractivity contribution in [3.05, 3.63) is 42.5 Å². The zero-order chi connectivity index (χ0) is 15.9. The van der Waals surface area contributed by atoms with E-state index in [0.29, 0.717) is 17.5 Å². The summed E-state index contributed by atoms with van der Waals surface area (Å²) in [4.78, 5) is 16.2. The van der Waals surface area contributed by atoms with Crippen LogP contribution in [0.4, 0.5) is 0 Å². The van der Waals surface area contributed by atoms with Crippen molar-refractivity contribution in [1.82, 2.24) is 20.5 Å². The van der Waals surface area contributed by atoms with Gasteiger partial charge in [-0.1, -0.05) is 49.0 Å². The molecule has 1 aromatic carbocycles. The fourth-order valence-corrected chi connectivity index (χ4v) is 2.60. The van der Waals surface area contributed by atoms with E-state index in [0.717, 1.165) is 12.0 Å². The molecule has 0 bridgehead atoms. The van der Waals surface area contributed by atoms with Crippen molar-refractivity contribution < 1.29 is 4.79 Å². The number of carbonyl (C=O) groups is 1. The van der Waals surface area contributed by atoms with Gasteiger partial charge >= 0.3 is 0 Å². The van der Waals surface area contributed by atoms with Crippen molar-refractivity contribution in [2.45, 2.75) is 30.7 Å². The van der Waals surface area contributed by atoms with E-state index in [2.05, 4.69) is 46.1 Å². The minimum atomic E-state index is -0.258. The Kier molecular flexibility index (Phi) is 5.77. The largest absolute Gasteiger partial charge is 0.352 e. The lowest BCUT2D eigenvalue weighted by atomic mass is 10.1. The fraction of sp³-hybridized carbons (Fsp3) is 0.312. The molecule has 0 aliphatic carbocycles. The molecule has 0 radical (unpaired) electrons. The number of rotatable bonds is 7. The van der Waals surface area contributed by atoms with Crippen LogP contribution in [0.15, 0.2) is 42.1 Å². The van der Waals surface area contributed by atoms with E-state index in [1.54, 1.807) is 6.08 Å². The third-order valence-electron chi connectivity index (χ3n) is 3.17. The van der Waals surface area contributed by atoms with Gasteiger partial charge in [-0.3, -0.25) is 9.89 Å². The number of hydrogen-bond donors (Lipinski definition) is 2. The summed E-state index contributed by atoms with van der Waals surface area (Å²) in [6.45, 7) is 7.99. The molecule has 1 amide bonds. The number of aromatic amines is 1. The summed E-state index contributed by atoms with van der Waals surface area (Å²) in [6.07, 6.45) is 2.66. The Morgan fingerprint density at radius 2 is 2.18 bits per heavy atom. The second-order valence-corrected chi connectivity index (χ2v) is 6.12. The van der Waals surface area contributed by atoms with Crippen LogP contribution >= 0.6 is 11.8 Å². The Bertz CT molecular complexity index is 636. The van der Waals surface area contributed by atoms with E-state index in [1.807, 2.05) is 19.1 Å². The van der Waals surface area contributed by atoms with E-state index in [9.17, 15) is 4.79 Å². The van der Waals surface area contributed by atoms with Crippen LogP contribution in [0.2, 0.25) is 0 Å². The number of nitrogens with one attached hydrogen (secondary N) is 2. The van der Waals surface area contributed by atoms with Crippen molar-refractivity contribution in [2.75, 3.05) is 6.54 Å². The first-order valence-electron chi connectivity index (χ1n) is 7.21. The highest BCUT2D eigenvalue weighted by atomic mass is 32.2. The molecule has 1 aromatic heterocycles. The summed E-state index contributed by atoms with van der Waals surface area (Å²) in [5, 5.41) is 10.1. The van der Waals surface area contributed by atoms with E-state index >= 15 is 0 Å². The molecule has 2 aromatic rings. The number of aryl methyl sites for hydroxylation is 1. The maximum Gasteiger partial charge on any atom is 0.233 e. The van der Waals surface area contributed by atoms with Gasteiger partial charge in [0.1, 0.15) is 0 Å². The van der Waals surface area contributed by atoms with E-state index in [1.165, 1.54) is 17.3 Å². The first-order valence-corrected chi connectivity index (χ1v) is 8.09. The molecule has 0 spiro atoms. The molecule has 2 N–H and O–H groups in total. The smallest absolute Gasteiger partial charge is 0.233 e. The van der Waals surface area contributed by atoms with Gasteiger partial charge in [-0.2, -0.15) is 0 Å². The lowest BCUT2D eigenvalue weighted by molar-refractivity contribution is -0.120. The van der Waals surface area contributed by atoms with E-state index < -0.39 is 0 Å². The quantitative estimate of drug-likeness (QED) is 0.609. The second kappa shape index (κ2) is 7.79. The van der Waals surface area contributed by atoms with Crippen molar-refractivity contribution in [3.63, 3.8) is 0 Å². The maximum atomic E-state index is 11.8. The molecule has 0 unspecified atom stereocenters. The molecule has 6 heteroatoms. The third-order valence-corrected chi connectivity index (χ3v) is 4.13. The summed E-state index contributed by atoms with van der Waals surface area (Å²) < 4.78 is 0. The van der Waals surface area contributed by atoms with Gasteiger partial charge in [-0.05, 0) is 18.9 Å². The maximum absolute atomic E-state index is 11.8. The second-order valence-electron chi connectivity index (χ2n) is 4.81. The van der Waals surface area contributed by atoms with Gasteiger partial charge in [-0.15, -0.1) is 11.7 Å². The van der Waals surface area contributed by atoms with Crippen molar-refractivity contribution in [3.8, 4) is 11.4 Å². The number of benzene rings is 1. The number of amides is 1. The Balaban J connectivity index is 2.01. The van der Waals surface area contributed by atoms with E-state index in [4.69, 9.17) is 0 Å². The van der Waals surface area contributed by atoms with Crippen LogP contribution in [0.3, 0.4) is 0 Å². The minimum absolute atomic E-state index is 0.0523. The number of carbonyl (C=O) groups excluding carboxylic acids is 1. The molecule has 5 nitrogen and oxygen atoms in total. The SMILES string of the molecule is C=CCNC(=O)[C@@H](C)Sc1n[nH]c(-c2ccc(CC)cc2)n1. The zero-order valence-corrected chi connectivity index (χ0v) is 13.6. The Hall–Kier alpha value is -2.08. The highest BCUT2D eigenvalue weighted by Crippen LogP contribution is 2.23. The summed E-state index contributed by atoms with van der Waals surface area (Å²) in [6, 6.07) is 8.20. The predicted molar refractivity (Wildman–Crippen MR) is 89.7 cm³/mol. The van der Waals surface area contributed by atoms with Gasteiger partial charge < -0.3 is 5.32 Å². The fourth-order valence-electron chi connectivity index (χ4n) is 1.85. The van der Waals surface area contributed by atoms with Crippen molar-refractivity contribution in [2.24, 2.45) is 0 Å². The highest BCUT2D eigenvalue weighted by Gasteiger charge is 2.16. The topological polar surface area (TPSA) is 70.7 Å². The van der Waals surface area contributed by atoms with Gasteiger partial charge in [0.15, 0.2) is 5.82 Å². The molecule has 0 saturated heterocycles. The van der Waals surface area contributed by atoms with Crippen LogP contribution < -0.4 is 5.32 Å². The van der Waals surface area contributed by atoms with Gasteiger partial charge in [0.25, 0.3) is 0 Å². The Morgan fingerprint density at radius 3 is 2.82 bits per heavy atom. The summed E-state index contributed by atoms with van der Waals surface area (Å²) in [5.74, 6) is 0.660. The first-order chi connectivity index (χ1) is 10.6. The molecule has 0 fully saturated rings. The number of thioether (sulfide) groups is 1. The normalized spacial score (nSPS) is 11.9. The molecule has 0 saturated carbocycles. The van der Waals surface area contributed by atoms with Gasteiger partial charge in [0.05, 0.1) is 5.25 Å². The molecule has 1 heterocycles. The van der Waals surface area contributed by atoms with Gasteiger partial charge in [-0.25, -0.2) is 4.98 Å². The lowest BCUT2D eigenvalue weighted by Crippen LogP contribution is -2.30. The van der Waals surface area contributed by atoms with Crippen LogP contribution in [0, 0.1) is 0 Å². The van der Waals surface area contributed by atoms with Gasteiger partial charge in [0.2, 0.25) is 11.1 Å².